The van der Waals surface area contributed by atoms with E-state index in [1.54, 1.807) is 0 Å². The Bertz CT molecular complexity index is 594. The maximum atomic E-state index is 4.53. The van der Waals surface area contributed by atoms with Crippen molar-refractivity contribution in [3.8, 4) is 0 Å². The van der Waals surface area contributed by atoms with Crippen LogP contribution in [-0.4, -0.2) is 24.5 Å². The van der Waals surface area contributed by atoms with Crippen LogP contribution in [0.15, 0.2) is 57.8 Å². The third-order valence-electron chi connectivity index (χ3n) is 3.26. The molecule has 116 valence electrons. The van der Waals surface area contributed by atoms with Crippen LogP contribution in [0.5, 0.6) is 0 Å². The molecule has 0 spiro atoms. The van der Waals surface area contributed by atoms with Gasteiger partial charge in [-0.3, -0.25) is 9.98 Å². The Balaban J connectivity index is 2.40. The summed E-state index contributed by atoms with van der Waals surface area (Å²) in [7, 11) is 0. The van der Waals surface area contributed by atoms with Gasteiger partial charge in [-0.05, 0) is 52.0 Å². The zero-order chi connectivity index (χ0) is 15.9. The SMILES string of the molecule is CC1=CC(C)=NCCN=C(C)C=C(C)Nc2ccccc2N1. The quantitative estimate of drug-likeness (QED) is 0.751. The molecular weight excluding hydrogens is 272 g/mol. The van der Waals surface area contributed by atoms with Crippen molar-refractivity contribution in [1.82, 2.24) is 0 Å². The minimum absolute atomic E-state index is 0.712. The number of allylic oxidation sites excluding steroid dienone is 4. The predicted molar refractivity (Wildman–Crippen MR) is 97.2 cm³/mol. The van der Waals surface area contributed by atoms with Crippen molar-refractivity contribution in [3.05, 3.63) is 47.8 Å². The second kappa shape index (κ2) is 7.59. The number of anilines is 2. The Morgan fingerprint density at radius 2 is 1.14 bits per heavy atom. The van der Waals surface area contributed by atoms with E-state index < -0.39 is 0 Å². The van der Waals surface area contributed by atoms with E-state index in [2.05, 4.69) is 44.9 Å². The van der Waals surface area contributed by atoms with Gasteiger partial charge in [0.1, 0.15) is 0 Å². The molecule has 4 heteroatoms. The molecule has 1 aliphatic heterocycles. The molecule has 0 saturated heterocycles. The number of hydrogen-bond donors (Lipinski definition) is 2. The molecule has 0 unspecified atom stereocenters. The van der Waals surface area contributed by atoms with Crippen LogP contribution in [-0.2, 0) is 0 Å². The lowest BCUT2D eigenvalue weighted by atomic mass is 10.2. The number of benzene rings is 1. The van der Waals surface area contributed by atoms with Crippen molar-refractivity contribution in [1.29, 1.82) is 0 Å². The van der Waals surface area contributed by atoms with E-state index in [4.69, 9.17) is 0 Å². The molecule has 1 aromatic carbocycles. The number of nitrogens with zero attached hydrogens (tertiary/aromatic N) is 2. The highest BCUT2D eigenvalue weighted by Gasteiger charge is 2.03. The normalized spacial score (nSPS) is 16.7. The Morgan fingerprint density at radius 3 is 1.55 bits per heavy atom. The fraction of sp³-hybridized carbons (Fsp3) is 0.333. The first kappa shape index (κ1) is 16.0. The molecule has 0 aliphatic carbocycles. The van der Waals surface area contributed by atoms with Crippen LogP contribution in [0, 0.1) is 0 Å². The molecule has 0 radical (unpaired) electrons. The van der Waals surface area contributed by atoms with Gasteiger partial charge < -0.3 is 10.6 Å². The van der Waals surface area contributed by atoms with Gasteiger partial charge in [0.15, 0.2) is 0 Å². The summed E-state index contributed by atoms with van der Waals surface area (Å²) in [5.74, 6) is 0. The highest BCUT2D eigenvalue weighted by Crippen LogP contribution is 2.24. The number of nitrogens with one attached hydrogen (secondary N) is 2. The zero-order valence-electron chi connectivity index (χ0n) is 13.8. The molecule has 2 N–H and O–H groups in total. The van der Waals surface area contributed by atoms with Gasteiger partial charge in [-0.1, -0.05) is 12.1 Å². The Hall–Kier alpha value is -2.36. The number of hydrogen-bond acceptors (Lipinski definition) is 4. The predicted octanol–water partition coefficient (Wildman–Crippen LogP) is 4.25. The average molecular weight is 296 g/mol. The molecule has 1 aliphatic rings. The fourth-order valence-electron chi connectivity index (χ4n) is 2.37. The van der Waals surface area contributed by atoms with Crippen molar-refractivity contribution in [2.24, 2.45) is 9.98 Å². The topological polar surface area (TPSA) is 48.8 Å². The molecule has 0 atom stereocenters. The van der Waals surface area contributed by atoms with Crippen LogP contribution in [0.2, 0.25) is 0 Å². The smallest absolute Gasteiger partial charge is 0.0620 e. The lowest BCUT2D eigenvalue weighted by Gasteiger charge is -2.15. The summed E-state index contributed by atoms with van der Waals surface area (Å²) >= 11 is 0. The first-order chi connectivity index (χ1) is 10.5. The Morgan fingerprint density at radius 1 is 0.727 bits per heavy atom. The van der Waals surface area contributed by atoms with Gasteiger partial charge in [-0.25, -0.2) is 0 Å². The number of para-hydroxylation sites is 2. The van der Waals surface area contributed by atoms with E-state index in [0.29, 0.717) is 13.1 Å². The molecule has 4 nitrogen and oxygen atoms in total. The average Bonchev–Trinajstić information content (AvgIpc) is 2.44. The lowest BCUT2D eigenvalue weighted by molar-refractivity contribution is 0.974. The summed E-state index contributed by atoms with van der Waals surface area (Å²) in [4.78, 5) is 9.06. The number of fused-ring (bicyclic) bond motifs is 1. The van der Waals surface area contributed by atoms with Crippen molar-refractivity contribution >= 4 is 22.8 Å². The third kappa shape index (κ3) is 4.88. The molecule has 22 heavy (non-hydrogen) atoms. The van der Waals surface area contributed by atoms with Crippen molar-refractivity contribution in [3.63, 3.8) is 0 Å². The highest BCUT2D eigenvalue weighted by atomic mass is 15.0. The van der Waals surface area contributed by atoms with E-state index in [9.17, 15) is 0 Å². The molecule has 0 saturated carbocycles. The van der Waals surface area contributed by atoms with Gasteiger partial charge >= 0.3 is 0 Å². The summed E-state index contributed by atoms with van der Waals surface area (Å²) in [6.07, 6.45) is 4.11. The van der Waals surface area contributed by atoms with Crippen LogP contribution in [0.1, 0.15) is 27.7 Å². The molecule has 0 bridgehead atoms. The molecule has 0 amide bonds. The third-order valence-corrected chi connectivity index (χ3v) is 3.26. The van der Waals surface area contributed by atoms with Crippen LogP contribution in [0.3, 0.4) is 0 Å². The Kier molecular flexibility index (Phi) is 5.53. The number of rotatable bonds is 0. The van der Waals surface area contributed by atoms with E-state index in [1.807, 2.05) is 39.8 Å². The summed E-state index contributed by atoms with van der Waals surface area (Å²) in [5.41, 5.74) is 6.23. The van der Waals surface area contributed by atoms with Gasteiger partial charge in [-0.15, -0.1) is 0 Å². The highest BCUT2D eigenvalue weighted by molar-refractivity contribution is 5.95. The van der Waals surface area contributed by atoms with E-state index >= 15 is 0 Å². The van der Waals surface area contributed by atoms with Crippen molar-refractivity contribution in [2.45, 2.75) is 27.7 Å². The summed E-state index contributed by atoms with van der Waals surface area (Å²) in [5, 5.41) is 6.87. The van der Waals surface area contributed by atoms with Gasteiger partial charge in [-0.2, -0.15) is 0 Å². The molecule has 1 heterocycles. The van der Waals surface area contributed by atoms with Crippen LogP contribution in [0.25, 0.3) is 0 Å². The second-order valence-electron chi connectivity index (χ2n) is 5.50. The monoisotopic (exact) mass is 296 g/mol. The lowest BCUT2D eigenvalue weighted by Crippen LogP contribution is -2.06. The van der Waals surface area contributed by atoms with E-state index in [0.717, 1.165) is 34.2 Å². The van der Waals surface area contributed by atoms with Gasteiger partial charge in [0.25, 0.3) is 0 Å². The maximum absolute atomic E-state index is 4.53. The van der Waals surface area contributed by atoms with Gasteiger partial charge in [0.05, 0.1) is 24.5 Å². The van der Waals surface area contributed by atoms with Crippen molar-refractivity contribution in [2.75, 3.05) is 23.7 Å². The molecular formula is C18H24N4. The van der Waals surface area contributed by atoms with E-state index in [-0.39, 0.29) is 0 Å². The summed E-state index contributed by atoms with van der Waals surface area (Å²) < 4.78 is 0. The van der Waals surface area contributed by atoms with Crippen LogP contribution >= 0.6 is 0 Å². The maximum Gasteiger partial charge on any atom is 0.0620 e. The zero-order valence-corrected chi connectivity index (χ0v) is 13.8. The Labute approximate surface area is 132 Å². The second-order valence-corrected chi connectivity index (χ2v) is 5.50. The van der Waals surface area contributed by atoms with Gasteiger partial charge in [0, 0.05) is 22.8 Å². The van der Waals surface area contributed by atoms with Gasteiger partial charge in [0.2, 0.25) is 0 Å². The molecule has 2 rings (SSSR count). The van der Waals surface area contributed by atoms with Crippen LogP contribution < -0.4 is 10.6 Å². The minimum atomic E-state index is 0.712. The summed E-state index contributed by atoms with van der Waals surface area (Å²) in [6, 6.07) is 8.17. The molecule has 0 aromatic heterocycles. The van der Waals surface area contributed by atoms with E-state index in [1.165, 1.54) is 0 Å². The molecule has 0 fully saturated rings. The minimum Gasteiger partial charge on any atom is -0.357 e. The fourth-order valence-corrected chi connectivity index (χ4v) is 2.37. The summed E-state index contributed by atoms with van der Waals surface area (Å²) in [6.45, 7) is 9.55. The van der Waals surface area contributed by atoms with Crippen molar-refractivity contribution < 1.29 is 0 Å². The standard InChI is InChI=1S/C18H24N4/c1-13-11-15(3)21-17-7-5-6-8-18(17)22-16(4)12-14(2)20-10-9-19-13/h5-8,11-12,21-22H,9-10H2,1-4H3. The number of aliphatic imine (C=N–C) groups is 2. The first-order valence-corrected chi connectivity index (χ1v) is 7.56. The first-order valence-electron chi connectivity index (χ1n) is 7.56. The largest absolute Gasteiger partial charge is 0.357 e. The van der Waals surface area contributed by atoms with Crippen LogP contribution in [0.4, 0.5) is 11.4 Å². The molecule has 1 aromatic rings.